The molecule has 0 radical (unpaired) electrons. The van der Waals surface area contributed by atoms with Crippen LogP contribution in [0.3, 0.4) is 0 Å². The molecule has 0 aromatic heterocycles. The van der Waals surface area contributed by atoms with Gasteiger partial charge in [0.15, 0.2) is 0 Å². The molecule has 0 N–H and O–H groups in total. The summed E-state index contributed by atoms with van der Waals surface area (Å²) < 4.78 is 0. The lowest BCUT2D eigenvalue weighted by Gasteiger charge is -2.30. The Hall–Kier alpha value is -1.38. The molecule has 2 nitrogen and oxygen atoms in total. The van der Waals surface area contributed by atoms with Crippen molar-refractivity contribution in [1.82, 2.24) is 0 Å². The zero-order valence-electron chi connectivity index (χ0n) is 14.1. The van der Waals surface area contributed by atoms with E-state index in [2.05, 4.69) is 70.5 Å². The highest BCUT2D eigenvalue weighted by Gasteiger charge is 2.10. The maximum atomic E-state index is 5.91. The van der Waals surface area contributed by atoms with Crippen LogP contribution in [0.4, 0.5) is 11.4 Å². The topological polar surface area (TPSA) is 6.48 Å². The number of alkyl halides is 2. The van der Waals surface area contributed by atoms with E-state index in [0.29, 0.717) is 11.8 Å². The molecule has 0 bridgehead atoms. The van der Waals surface area contributed by atoms with Gasteiger partial charge in [0.2, 0.25) is 0 Å². The first kappa shape index (κ1) is 19.0. The molecule has 24 heavy (non-hydrogen) atoms. The van der Waals surface area contributed by atoms with Gasteiger partial charge >= 0.3 is 0 Å². The Balaban J connectivity index is 2.03. The quantitative estimate of drug-likeness (QED) is 0.502. The van der Waals surface area contributed by atoms with Crippen molar-refractivity contribution in [1.29, 1.82) is 0 Å². The first-order chi connectivity index (χ1) is 11.8. The number of para-hydroxylation sites is 2. The summed E-state index contributed by atoms with van der Waals surface area (Å²) in [5.41, 5.74) is 2.51. The van der Waals surface area contributed by atoms with Crippen LogP contribution in [0, 0.1) is 0 Å². The number of nitrogens with zero attached hydrogens (tertiary/aromatic N) is 2. The minimum absolute atomic E-state index is 0.692. The number of anilines is 2. The zero-order chi connectivity index (χ0) is 17.0. The van der Waals surface area contributed by atoms with Gasteiger partial charge in [-0.25, -0.2) is 0 Å². The van der Waals surface area contributed by atoms with Gasteiger partial charge in [0.25, 0.3) is 0 Å². The van der Waals surface area contributed by atoms with E-state index in [0.717, 1.165) is 39.0 Å². The van der Waals surface area contributed by atoms with Crippen molar-refractivity contribution in [3.05, 3.63) is 60.7 Å². The summed E-state index contributed by atoms with van der Waals surface area (Å²) in [4.78, 5) is 4.83. The SMILES string of the molecule is ClCCCN(CCN(CCCCl)c1ccccc1)c1ccccc1. The molecule has 0 fully saturated rings. The zero-order valence-corrected chi connectivity index (χ0v) is 15.6. The summed E-state index contributed by atoms with van der Waals surface area (Å²) in [5, 5.41) is 0. The Morgan fingerprint density at radius 3 is 1.25 bits per heavy atom. The molecule has 0 saturated heterocycles. The van der Waals surface area contributed by atoms with Crippen LogP contribution in [0.5, 0.6) is 0 Å². The van der Waals surface area contributed by atoms with Gasteiger partial charge in [-0.05, 0) is 37.1 Å². The minimum atomic E-state index is 0.692. The molecule has 0 aliphatic carbocycles. The number of halogens is 2. The first-order valence-electron chi connectivity index (χ1n) is 8.57. The summed E-state index contributed by atoms with van der Waals surface area (Å²) in [6.45, 7) is 3.90. The summed E-state index contributed by atoms with van der Waals surface area (Å²) in [6.07, 6.45) is 1.98. The molecule has 0 spiro atoms. The fourth-order valence-corrected chi connectivity index (χ4v) is 3.00. The predicted molar refractivity (Wildman–Crippen MR) is 108 cm³/mol. The molecular formula is C20H26Cl2N2. The molecule has 2 aromatic rings. The molecule has 0 heterocycles. The van der Waals surface area contributed by atoms with Crippen molar-refractivity contribution in [2.24, 2.45) is 0 Å². The monoisotopic (exact) mass is 364 g/mol. The molecule has 0 saturated carbocycles. The van der Waals surface area contributed by atoms with E-state index in [-0.39, 0.29) is 0 Å². The highest BCUT2D eigenvalue weighted by molar-refractivity contribution is 6.18. The lowest BCUT2D eigenvalue weighted by atomic mass is 10.2. The van der Waals surface area contributed by atoms with Crippen LogP contribution in [-0.4, -0.2) is 37.9 Å². The van der Waals surface area contributed by atoms with E-state index < -0.39 is 0 Å². The van der Waals surface area contributed by atoms with Crippen LogP contribution in [0.15, 0.2) is 60.7 Å². The van der Waals surface area contributed by atoms with Crippen molar-refractivity contribution < 1.29 is 0 Å². The molecule has 0 aliphatic rings. The lowest BCUT2D eigenvalue weighted by Crippen LogP contribution is -2.36. The summed E-state index contributed by atoms with van der Waals surface area (Å²) in [6, 6.07) is 21.1. The Labute approximate surface area is 156 Å². The number of benzene rings is 2. The highest BCUT2D eigenvalue weighted by Crippen LogP contribution is 2.17. The third kappa shape index (κ3) is 6.26. The van der Waals surface area contributed by atoms with Crippen LogP contribution in [-0.2, 0) is 0 Å². The summed E-state index contributed by atoms with van der Waals surface area (Å²) >= 11 is 11.8. The van der Waals surface area contributed by atoms with Gasteiger partial charge in [-0.15, -0.1) is 23.2 Å². The number of hydrogen-bond donors (Lipinski definition) is 0. The fourth-order valence-electron chi connectivity index (χ4n) is 2.76. The Morgan fingerprint density at radius 2 is 0.917 bits per heavy atom. The highest BCUT2D eigenvalue weighted by atomic mass is 35.5. The van der Waals surface area contributed by atoms with E-state index >= 15 is 0 Å². The predicted octanol–water partition coefficient (Wildman–Crippen LogP) is 5.26. The first-order valence-corrected chi connectivity index (χ1v) is 9.64. The Bertz CT molecular complexity index is 497. The smallest absolute Gasteiger partial charge is 0.0366 e. The van der Waals surface area contributed by atoms with Crippen molar-refractivity contribution in [2.75, 3.05) is 47.7 Å². The van der Waals surface area contributed by atoms with Crippen LogP contribution in [0.2, 0.25) is 0 Å². The van der Waals surface area contributed by atoms with Crippen molar-refractivity contribution in [2.45, 2.75) is 12.8 Å². The van der Waals surface area contributed by atoms with Gasteiger partial charge in [-0.2, -0.15) is 0 Å². The summed E-state index contributed by atoms with van der Waals surface area (Å²) in [7, 11) is 0. The van der Waals surface area contributed by atoms with Crippen molar-refractivity contribution in [3.8, 4) is 0 Å². The standard InChI is InChI=1S/C20H26Cl2N2/c21-13-7-15-23(19-9-3-1-4-10-19)17-18-24(16-8-14-22)20-11-5-2-6-12-20/h1-6,9-12H,7-8,13-18H2. The molecule has 0 unspecified atom stereocenters. The molecule has 0 aliphatic heterocycles. The summed E-state index contributed by atoms with van der Waals surface area (Å²) in [5.74, 6) is 1.38. The second-order valence-corrected chi connectivity index (χ2v) is 6.49. The van der Waals surface area contributed by atoms with Gasteiger partial charge in [0.1, 0.15) is 0 Å². The van der Waals surface area contributed by atoms with Gasteiger partial charge in [-0.1, -0.05) is 36.4 Å². The molecule has 4 heteroatoms. The van der Waals surface area contributed by atoms with Gasteiger partial charge < -0.3 is 9.80 Å². The largest absolute Gasteiger partial charge is 0.370 e. The van der Waals surface area contributed by atoms with E-state index in [4.69, 9.17) is 23.2 Å². The maximum absolute atomic E-state index is 5.91. The second-order valence-electron chi connectivity index (χ2n) is 5.73. The molecule has 2 rings (SSSR count). The number of rotatable bonds is 11. The third-order valence-corrected chi connectivity index (χ3v) is 4.54. The minimum Gasteiger partial charge on any atom is -0.370 e. The average molecular weight is 365 g/mol. The van der Waals surface area contributed by atoms with E-state index in [1.54, 1.807) is 0 Å². The van der Waals surface area contributed by atoms with Gasteiger partial charge in [0.05, 0.1) is 0 Å². The second kappa shape index (κ2) is 11.2. The molecular weight excluding hydrogens is 339 g/mol. The van der Waals surface area contributed by atoms with Crippen LogP contribution >= 0.6 is 23.2 Å². The molecule has 0 amide bonds. The normalized spacial score (nSPS) is 10.6. The maximum Gasteiger partial charge on any atom is 0.0366 e. The Morgan fingerprint density at radius 1 is 0.542 bits per heavy atom. The Kier molecular flexibility index (Phi) is 8.86. The number of hydrogen-bond acceptors (Lipinski definition) is 2. The fraction of sp³-hybridized carbons (Fsp3) is 0.400. The van der Waals surface area contributed by atoms with E-state index in [1.165, 1.54) is 11.4 Å². The van der Waals surface area contributed by atoms with E-state index in [1.807, 2.05) is 0 Å². The van der Waals surface area contributed by atoms with Gasteiger partial charge in [-0.3, -0.25) is 0 Å². The van der Waals surface area contributed by atoms with Gasteiger partial charge in [0, 0.05) is 49.3 Å². The van der Waals surface area contributed by atoms with Crippen LogP contribution < -0.4 is 9.80 Å². The average Bonchev–Trinajstić information content (AvgIpc) is 2.65. The van der Waals surface area contributed by atoms with Crippen molar-refractivity contribution >= 4 is 34.6 Å². The third-order valence-electron chi connectivity index (χ3n) is 4.01. The molecule has 130 valence electrons. The van der Waals surface area contributed by atoms with Crippen LogP contribution in [0.25, 0.3) is 0 Å². The van der Waals surface area contributed by atoms with Crippen molar-refractivity contribution in [3.63, 3.8) is 0 Å². The molecule has 2 aromatic carbocycles. The lowest BCUT2D eigenvalue weighted by molar-refractivity contribution is 0.707. The van der Waals surface area contributed by atoms with E-state index in [9.17, 15) is 0 Å². The molecule has 0 atom stereocenters. The van der Waals surface area contributed by atoms with Crippen LogP contribution in [0.1, 0.15) is 12.8 Å².